The third-order valence-electron chi connectivity index (χ3n) is 1.56. The normalized spacial score (nSPS) is 19.3. The third kappa shape index (κ3) is 3.85. The van der Waals surface area contributed by atoms with Crippen LogP contribution in [0.2, 0.25) is 0 Å². The van der Waals surface area contributed by atoms with Gasteiger partial charge in [-0.25, -0.2) is 8.42 Å². The second-order valence-corrected chi connectivity index (χ2v) is 4.54. The Labute approximate surface area is 61.9 Å². The average Bonchev–Trinajstić information content (AvgIpc) is 2.45. The summed E-state index contributed by atoms with van der Waals surface area (Å²) in [4.78, 5) is 0. The quantitative estimate of drug-likeness (QED) is 0.599. The Morgan fingerprint density at radius 1 is 1.50 bits per heavy atom. The topological polar surface area (TPSA) is 48.2 Å². The van der Waals surface area contributed by atoms with Gasteiger partial charge in [-0.3, -0.25) is 0 Å². The Morgan fingerprint density at radius 2 is 2.10 bits per heavy atom. The van der Waals surface area contributed by atoms with Crippen LogP contribution in [0, 0.1) is 5.92 Å². The molecule has 0 atom stereocenters. The molecule has 0 unspecified atom stereocenters. The van der Waals surface area contributed by atoms with E-state index in [0.29, 0.717) is 6.54 Å². The van der Waals surface area contributed by atoms with Crippen LogP contribution in [0.15, 0.2) is 0 Å². The van der Waals surface area contributed by atoms with E-state index in [4.69, 9.17) is 0 Å². The van der Waals surface area contributed by atoms with Crippen molar-refractivity contribution in [2.45, 2.75) is 19.3 Å². The minimum Gasteiger partial charge on any atom is -0.211 e. The second kappa shape index (κ2) is 2.88. The molecule has 3 nitrogen and oxygen atoms in total. The number of hydrogen-bond donors (Lipinski definition) is 0. The van der Waals surface area contributed by atoms with Crippen molar-refractivity contribution in [2.24, 2.45) is 5.92 Å². The first-order chi connectivity index (χ1) is 4.58. The zero-order chi connectivity index (χ0) is 7.61. The monoisotopic (exact) mass is 162 g/mol. The van der Waals surface area contributed by atoms with Crippen molar-refractivity contribution in [3.63, 3.8) is 0 Å². The summed E-state index contributed by atoms with van der Waals surface area (Å²) in [5.41, 5.74) is 0. The molecule has 59 valence electrons. The highest BCUT2D eigenvalue weighted by atomic mass is 32.2. The zero-order valence-electron chi connectivity index (χ0n) is 6.08. The Morgan fingerprint density at radius 3 is 2.50 bits per heavy atom. The fraction of sp³-hybridized carbons (Fsp3) is 1.00. The van der Waals surface area contributed by atoms with E-state index in [2.05, 4.69) is 4.72 Å². The standard InChI is InChI=1S/C6H12NO2S/c1-10(8,9)7-5-4-6-2-3-6/h6H,2-5H2,1H3. The predicted octanol–water partition coefficient (Wildman–Crippen LogP) is 0.350. The molecule has 0 aromatic rings. The average molecular weight is 162 g/mol. The van der Waals surface area contributed by atoms with Crippen molar-refractivity contribution in [1.29, 1.82) is 0 Å². The Balaban J connectivity index is 2.04. The molecule has 0 aliphatic heterocycles. The van der Waals surface area contributed by atoms with Gasteiger partial charge in [0.05, 0.1) is 6.26 Å². The molecule has 10 heavy (non-hydrogen) atoms. The van der Waals surface area contributed by atoms with Crippen LogP contribution in [0.3, 0.4) is 0 Å². The summed E-state index contributed by atoms with van der Waals surface area (Å²) in [6, 6.07) is 0. The van der Waals surface area contributed by atoms with E-state index in [1.165, 1.54) is 12.8 Å². The lowest BCUT2D eigenvalue weighted by Gasteiger charge is -1.95. The van der Waals surface area contributed by atoms with Crippen LogP contribution in [0.4, 0.5) is 0 Å². The summed E-state index contributed by atoms with van der Waals surface area (Å²) in [5, 5.41) is 0. The smallest absolute Gasteiger partial charge is 0.211 e. The summed E-state index contributed by atoms with van der Waals surface area (Å²) in [6.45, 7) is 0.490. The van der Waals surface area contributed by atoms with Gasteiger partial charge in [0.15, 0.2) is 0 Å². The molecule has 0 spiro atoms. The van der Waals surface area contributed by atoms with E-state index in [-0.39, 0.29) is 0 Å². The summed E-state index contributed by atoms with van der Waals surface area (Å²) in [5.74, 6) is 0.769. The van der Waals surface area contributed by atoms with E-state index < -0.39 is 10.0 Å². The molecule has 1 saturated carbocycles. The van der Waals surface area contributed by atoms with Crippen LogP contribution in [0.25, 0.3) is 0 Å². The molecule has 0 heterocycles. The summed E-state index contributed by atoms with van der Waals surface area (Å²) in [6.07, 6.45) is 4.62. The maximum atomic E-state index is 10.5. The van der Waals surface area contributed by atoms with Crippen LogP contribution >= 0.6 is 0 Å². The predicted molar refractivity (Wildman–Crippen MR) is 39.2 cm³/mol. The first kappa shape index (κ1) is 8.01. The lowest BCUT2D eigenvalue weighted by atomic mass is 10.3. The van der Waals surface area contributed by atoms with Crippen molar-refractivity contribution in [2.75, 3.05) is 12.8 Å². The maximum absolute atomic E-state index is 10.5. The number of nitrogens with zero attached hydrogens (tertiary/aromatic N) is 1. The van der Waals surface area contributed by atoms with Crippen molar-refractivity contribution < 1.29 is 8.42 Å². The van der Waals surface area contributed by atoms with Gasteiger partial charge in [-0.15, -0.1) is 4.72 Å². The van der Waals surface area contributed by atoms with E-state index >= 15 is 0 Å². The maximum Gasteiger partial charge on any atom is 0.224 e. The lowest BCUT2D eigenvalue weighted by Crippen LogP contribution is -2.15. The minimum absolute atomic E-state index is 0.490. The van der Waals surface area contributed by atoms with Crippen molar-refractivity contribution in [3.8, 4) is 0 Å². The van der Waals surface area contributed by atoms with Crippen molar-refractivity contribution in [1.82, 2.24) is 4.72 Å². The first-order valence-corrected chi connectivity index (χ1v) is 5.31. The summed E-state index contributed by atoms with van der Waals surface area (Å²) < 4.78 is 24.4. The van der Waals surface area contributed by atoms with Gasteiger partial charge in [0.1, 0.15) is 0 Å². The van der Waals surface area contributed by atoms with Crippen molar-refractivity contribution >= 4 is 10.0 Å². The number of hydrogen-bond acceptors (Lipinski definition) is 2. The minimum atomic E-state index is -3.07. The molecule has 0 saturated heterocycles. The van der Waals surface area contributed by atoms with E-state index in [9.17, 15) is 8.42 Å². The molecule has 0 bridgehead atoms. The number of sulfonamides is 1. The molecule has 1 radical (unpaired) electrons. The fourth-order valence-corrected chi connectivity index (χ4v) is 1.24. The first-order valence-electron chi connectivity index (χ1n) is 3.47. The highest BCUT2D eigenvalue weighted by Crippen LogP contribution is 2.31. The van der Waals surface area contributed by atoms with Crippen LogP contribution < -0.4 is 4.72 Å². The van der Waals surface area contributed by atoms with E-state index in [0.717, 1.165) is 18.6 Å². The molecule has 1 rings (SSSR count). The summed E-state index contributed by atoms with van der Waals surface area (Å²) in [7, 11) is -3.07. The zero-order valence-corrected chi connectivity index (χ0v) is 6.89. The molecule has 0 aromatic heterocycles. The van der Waals surface area contributed by atoms with Crippen molar-refractivity contribution in [3.05, 3.63) is 0 Å². The molecule has 1 aliphatic carbocycles. The molecule has 4 heteroatoms. The van der Waals surface area contributed by atoms with Gasteiger partial charge in [-0.1, -0.05) is 12.8 Å². The molecule has 0 N–H and O–H groups in total. The highest BCUT2D eigenvalue weighted by molar-refractivity contribution is 7.88. The van der Waals surface area contributed by atoms with Gasteiger partial charge >= 0.3 is 0 Å². The summed E-state index contributed by atoms with van der Waals surface area (Å²) >= 11 is 0. The van der Waals surface area contributed by atoms with Gasteiger partial charge in [0.25, 0.3) is 0 Å². The molecule has 1 fully saturated rings. The second-order valence-electron chi connectivity index (χ2n) is 2.82. The van der Waals surface area contributed by atoms with Gasteiger partial charge in [-0.05, 0) is 12.3 Å². The molecular formula is C6H12NO2S. The van der Waals surface area contributed by atoms with Crippen LogP contribution in [0.1, 0.15) is 19.3 Å². The van der Waals surface area contributed by atoms with E-state index in [1.54, 1.807) is 0 Å². The van der Waals surface area contributed by atoms with Crippen LogP contribution in [0.5, 0.6) is 0 Å². The Kier molecular flexibility index (Phi) is 2.31. The fourth-order valence-electron chi connectivity index (χ4n) is 0.808. The van der Waals surface area contributed by atoms with Gasteiger partial charge in [0.2, 0.25) is 10.0 Å². The largest absolute Gasteiger partial charge is 0.224 e. The molecular weight excluding hydrogens is 150 g/mol. The lowest BCUT2D eigenvalue weighted by molar-refractivity contribution is 0.579. The SMILES string of the molecule is CS(=O)(=O)[N]CCC1CC1. The Hall–Kier alpha value is -0.0900. The van der Waals surface area contributed by atoms with E-state index in [1.807, 2.05) is 0 Å². The van der Waals surface area contributed by atoms with Gasteiger partial charge in [0, 0.05) is 6.54 Å². The molecule has 0 amide bonds. The van der Waals surface area contributed by atoms with Gasteiger partial charge < -0.3 is 0 Å². The van der Waals surface area contributed by atoms with Crippen LogP contribution in [-0.2, 0) is 10.0 Å². The molecule has 0 aromatic carbocycles. The number of rotatable bonds is 4. The van der Waals surface area contributed by atoms with Gasteiger partial charge in [-0.2, -0.15) is 0 Å². The Bertz CT molecular complexity index is 194. The highest BCUT2D eigenvalue weighted by Gasteiger charge is 2.21. The third-order valence-corrected chi connectivity index (χ3v) is 2.21. The van der Waals surface area contributed by atoms with Crippen LogP contribution in [-0.4, -0.2) is 21.2 Å². The molecule has 1 aliphatic rings.